The van der Waals surface area contributed by atoms with Gasteiger partial charge in [0, 0.05) is 17.2 Å². The molecule has 0 bridgehead atoms. The molecule has 0 saturated carbocycles. The van der Waals surface area contributed by atoms with Gasteiger partial charge in [-0.15, -0.1) is 0 Å². The maximum atomic E-state index is 5.95. The van der Waals surface area contributed by atoms with Crippen molar-refractivity contribution in [1.82, 2.24) is 9.97 Å². The van der Waals surface area contributed by atoms with E-state index in [1.807, 2.05) is 36.4 Å². The molecular weight excluding hydrogens is 258 g/mol. The fourth-order valence-electron chi connectivity index (χ4n) is 2.23. The zero-order valence-corrected chi connectivity index (χ0v) is 12.2. The lowest BCUT2D eigenvalue weighted by Crippen LogP contribution is -1.98. The molecule has 1 aromatic heterocycles. The minimum atomic E-state index is 0.483. The molecule has 104 valence electrons. The Labute approximate surface area is 124 Å². The first-order valence-electron chi connectivity index (χ1n) is 6.91. The molecule has 0 atom stereocenters. The molecule has 2 aromatic carbocycles. The Morgan fingerprint density at radius 1 is 0.762 bits per heavy atom. The van der Waals surface area contributed by atoms with Crippen molar-refractivity contribution >= 4 is 5.82 Å². The van der Waals surface area contributed by atoms with Crippen LogP contribution in [0.1, 0.15) is 11.1 Å². The predicted octanol–water partition coefficient (Wildman–Crippen LogP) is 4.01. The summed E-state index contributed by atoms with van der Waals surface area (Å²) in [5.41, 5.74) is 11.3. The summed E-state index contributed by atoms with van der Waals surface area (Å²) in [5, 5.41) is 0. The first kappa shape index (κ1) is 13.3. The van der Waals surface area contributed by atoms with Gasteiger partial charge in [0.15, 0.2) is 5.82 Å². The molecule has 0 spiro atoms. The highest BCUT2D eigenvalue weighted by Crippen LogP contribution is 2.24. The summed E-state index contributed by atoms with van der Waals surface area (Å²) in [6.07, 6.45) is 0. The Hall–Kier alpha value is -2.68. The zero-order chi connectivity index (χ0) is 14.8. The number of aryl methyl sites for hydroxylation is 2. The maximum absolute atomic E-state index is 5.95. The van der Waals surface area contributed by atoms with Gasteiger partial charge >= 0.3 is 0 Å². The largest absolute Gasteiger partial charge is 0.384 e. The molecule has 0 aliphatic rings. The van der Waals surface area contributed by atoms with Crippen molar-refractivity contribution in [2.45, 2.75) is 13.8 Å². The van der Waals surface area contributed by atoms with E-state index in [0.29, 0.717) is 11.6 Å². The average Bonchev–Trinajstić information content (AvgIpc) is 2.50. The number of hydrogen-bond acceptors (Lipinski definition) is 3. The van der Waals surface area contributed by atoms with Gasteiger partial charge < -0.3 is 5.73 Å². The molecule has 0 aliphatic carbocycles. The summed E-state index contributed by atoms with van der Waals surface area (Å²) >= 11 is 0. The molecular formula is C18H17N3. The van der Waals surface area contributed by atoms with Gasteiger partial charge in [-0.3, -0.25) is 0 Å². The van der Waals surface area contributed by atoms with Gasteiger partial charge in [-0.1, -0.05) is 42.5 Å². The van der Waals surface area contributed by atoms with Crippen LogP contribution in [0.2, 0.25) is 0 Å². The van der Waals surface area contributed by atoms with Crippen LogP contribution in [0, 0.1) is 13.8 Å². The Morgan fingerprint density at radius 3 is 2.24 bits per heavy atom. The normalized spacial score (nSPS) is 10.6. The quantitative estimate of drug-likeness (QED) is 0.768. The summed E-state index contributed by atoms with van der Waals surface area (Å²) < 4.78 is 0. The molecule has 2 N–H and O–H groups in total. The van der Waals surface area contributed by atoms with Gasteiger partial charge in [0.25, 0.3) is 0 Å². The van der Waals surface area contributed by atoms with Crippen molar-refractivity contribution in [3.63, 3.8) is 0 Å². The second-order valence-electron chi connectivity index (χ2n) is 5.17. The molecule has 0 fully saturated rings. The van der Waals surface area contributed by atoms with Gasteiger partial charge in [-0.25, -0.2) is 9.97 Å². The summed E-state index contributed by atoms with van der Waals surface area (Å²) in [4.78, 5) is 8.99. The van der Waals surface area contributed by atoms with Crippen LogP contribution in [0.3, 0.4) is 0 Å². The molecule has 3 rings (SSSR count). The Kier molecular flexibility index (Phi) is 3.40. The number of aromatic nitrogens is 2. The fraction of sp³-hybridized carbons (Fsp3) is 0.111. The van der Waals surface area contributed by atoms with Gasteiger partial charge in [0.2, 0.25) is 0 Å². The second kappa shape index (κ2) is 5.37. The summed E-state index contributed by atoms with van der Waals surface area (Å²) in [7, 11) is 0. The third-order valence-corrected chi connectivity index (χ3v) is 3.58. The first-order valence-corrected chi connectivity index (χ1v) is 6.91. The van der Waals surface area contributed by atoms with Crippen molar-refractivity contribution in [3.05, 3.63) is 65.7 Å². The van der Waals surface area contributed by atoms with E-state index in [4.69, 9.17) is 5.73 Å². The van der Waals surface area contributed by atoms with E-state index in [1.54, 1.807) is 0 Å². The predicted molar refractivity (Wildman–Crippen MR) is 86.8 cm³/mol. The van der Waals surface area contributed by atoms with Crippen LogP contribution >= 0.6 is 0 Å². The van der Waals surface area contributed by atoms with Crippen LogP contribution < -0.4 is 5.73 Å². The summed E-state index contributed by atoms with van der Waals surface area (Å²) in [6, 6.07) is 18.0. The van der Waals surface area contributed by atoms with Crippen molar-refractivity contribution in [3.8, 4) is 22.6 Å². The standard InChI is InChI=1S/C18H17N3/c1-12-8-9-15(10-13(12)2)16-11-17(19)21-18(20-16)14-6-4-3-5-7-14/h3-11H,1-2H3,(H2,19,20,21). The van der Waals surface area contributed by atoms with E-state index in [9.17, 15) is 0 Å². The van der Waals surface area contributed by atoms with E-state index < -0.39 is 0 Å². The summed E-state index contributed by atoms with van der Waals surface area (Å²) in [6.45, 7) is 4.20. The van der Waals surface area contributed by atoms with Crippen LogP contribution in [0.5, 0.6) is 0 Å². The van der Waals surface area contributed by atoms with Gasteiger partial charge in [0.1, 0.15) is 5.82 Å². The number of nitrogens with zero attached hydrogens (tertiary/aromatic N) is 2. The number of nitrogen functional groups attached to an aromatic ring is 1. The van der Waals surface area contributed by atoms with Gasteiger partial charge in [0.05, 0.1) is 5.69 Å². The van der Waals surface area contributed by atoms with E-state index in [-0.39, 0.29) is 0 Å². The molecule has 1 heterocycles. The molecule has 0 saturated heterocycles. The van der Waals surface area contributed by atoms with E-state index in [0.717, 1.165) is 16.8 Å². The van der Waals surface area contributed by atoms with E-state index in [1.165, 1.54) is 11.1 Å². The molecule has 3 aromatic rings. The van der Waals surface area contributed by atoms with Crippen LogP contribution in [0.15, 0.2) is 54.6 Å². The van der Waals surface area contributed by atoms with Crippen LogP contribution in [0.25, 0.3) is 22.6 Å². The third kappa shape index (κ3) is 2.77. The van der Waals surface area contributed by atoms with Crippen LogP contribution in [0.4, 0.5) is 5.82 Å². The molecule has 0 radical (unpaired) electrons. The van der Waals surface area contributed by atoms with Crippen LogP contribution in [-0.4, -0.2) is 9.97 Å². The van der Waals surface area contributed by atoms with Crippen molar-refractivity contribution in [2.75, 3.05) is 5.73 Å². The fourth-order valence-corrected chi connectivity index (χ4v) is 2.23. The minimum Gasteiger partial charge on any atom is -0.384 e. The first-order chi connectivity index (χ1) is 10.1. The third-order valence-electron chi connectivity index (χ3n) is 3.58. The number of anilines is 1. The summed E-state index contributed by atoms with van der Waals surface area (Å²) in [5.74, 6) is 1.14. The van der Waals surface area contributed by atoms with E-state index in [2.05, 4.69) is 42.0 Å². The highest BCUT2D eigenvalue weighted by Gasteiger charge is 2.07. The monoisotopic (exact) mass is 275 g/mol. The molecule has 0 amide bonds. The molecule has 0 aliphatic heterocycles. The van der Waals surface area contributed by atoms with Crippen molar-refractivity contribution in [1.29, 1.82) is 0 Å². The van der Waals surface area contributed by atoms with E-state index >= 15 is 0 Å². The number of hydrogen-bond donors (Lipinski definition) is 1. The number of benzene rings is 2. The second-order valence-corrected chi connectivity index (χ2v) is 5.17. The molecule has 3 heteroatoms. The Balaban J connectivity index is 2.11. The Bertz CT molecular complexity index is 780. The Morgan fingerprint density at radius 2 is 1.52 bits per heavy atom. The zero-order valence-electron chi connectivity index (χ0n) is 12.2. The maximum Gasteiger partial charge on any atom is 0.162 e. The molecule has 3 nitrogen and oxygen atoms in total. The van der Waals surface area contributed by atoms with Gasteiger partial charge in [-0.2, -0.15) is 0 Å². The molecule has 21 heavy (non-hydrogen) atoms. The SMILES string of the molecule is Cc1ccc(-c2cc(N)nc(-c3ccccc3)n2)cc1C. The smallest absolute Gasteiger partial charge is 0.162 e. The minimum absolute atomic E-state index is 0.483. The highest BCUT2D eigenvalue weighted by molar-refractivity contribution is 5.67. The molecule has 0 unspecified atom stereocenters. The van der Waals surface area contributed by atoms with Crippen molar-refractivity contribution < 1.29 is 0 Å². The number of rotatable bonds is 2. The lowest BCUT2D eigenvalue weighted by Gasteiger charge is -2.08. The average molecular weight is 275 g/mol. The lowest BCUT2D eigenvalue weighted by molar-refractivity contribution is 1.18. The van der Waals surface area contributed by atoms with Gasteiger partial charge in [-0.05, 0) is 31.0 Å². The lowest BCUT2D eigenvalue weighted by atomic mass is 10.0. The van der Waals surface area contributed by atoms with Crippen molar-refractivity contribution in [2.24, 2.45) is 0 Å². The topological polar surface area (TPSA) is 51.8 Å². The number of nitrogens with two attached hydrogens (primary N) is 1. The highest BCUT2D eigenvalue weighted by atomic mass is 14.9. The van der Waals surface area contributed by atoms with Crippen LogP contribution in [-0.2, 0) is 0 Å².